The number of rotatable bonds is 39. The highest BCUT2D eigenvalue weighted by atomic mass is 31.2. The van der Waals surface area contributed by atoms with Crippen LogP contribution in [-0.2, 0) is 27.9 Å². The Labute approximate surface area is 315 Å². The van der Waals surface area contributed by atoms with Gasteiger partial charge in [0.15, 0.2) is 0 Å². The largest absolute Gasteiger partial charge is 0.472 e. The second-order valence-corrected chi connectivity index (χ2v) is 16.8. The van der Waals surface area contributed by atoms with Crippen molar-refractivity contribution < 1.29 is 37.3 Å². The molecule has 2 unspecified atom stereocenters. The Morgan fingerprint density at radius 1 is 0.608 bits per heavy atom. The van der Waals surface area contributed by atoms with Crippen LogP contribution in [0.25, 0.3) is 0 Å². The van der Waals surface area contributed by atoms with E-state index in [4.69, 9.17) is 18.5 Å². The van der Waals surface area contributed by atoms with Gasteiger partial charge in [-0.1, -0.05) is 154 Å². The van der Waals surface area contributed by atoms with Crippen molar-refractivity contribution in [3.05, 3.63) is 24.3 Å². The van der Waals surface area contributed by atoms with Crippen molar-refractivity contribution in [2.24, 2.45) is 0 Å². The molecule has 0 rings (SSSR count). The average Bonchev–Trinajstić information content (AvgIpc) is 3.08. The molecule has 0 saturated heterocycles. The van der Waals surface area contributed by atoms with Gasteiger partial charge in [0.05, 0.1) is 34.4 Å². The quantitative estimate of drug-likeness (QED) is 0.0220. The average molecular weight is 745 g/mol. The van der Waals surface area contributed by atoms with Crippen molar-refractivity contribution in [1.29, 1.82) is 0 Å². The maximum Gasteiger partial charge on any atom is 0.472 e. The van der Waals surface area contributed by atoms with E-state index >= 15 is 0 Å². The van der Waals surface area contributed by atoms with Gasteiger partial charge in [-0.3, -0.25) is 13.8 Å². The zero-order valence-electron chi connectivity index (χ0n) is 34.1. The van der Waals surface area contributed by atoms with Gasteiger partial charge in [0.2, 0.25) is 0 Å². The van der Waals surface area contributed by atoms with Gasteiger partial charge in [-0.25, -0.2) is 4.57 Å². The number of allylic oxidation sites excluding steroid dienone is 4. The standard InChI is InChI=1S/C42H82NO7P/c1-6-8-10-12-14-16-18-19-20-21-22-23-24-25-26-28-30-32-34-37-47-39-41(40-49-51(45,46)48-38-36-43(3,4)5)50-42(44)35-33-31-29-27-17-15-13-11-9-7-2/h16,18,20-21,41H,6-15,17,19,22-40H2,1-5H3/p+1/b18-16-,21-20-. The van der Waals surface area contributed by atoms with Gasteiger partial charge < -0.3 is 18.9 Å². The molecular weight excluding hydrogens is 661 g/mol. The zero-order valence-corrected chi connectivity index (χ0v) is 35.0. The molecule has 302 valence electrons. The fraction of sp³-hybridized carbons (Fsp3) is 0.881. The van der Waals surface area contributed by atoms with E-state index in [2.05, 4.69) is 38.2 Å². The Kier molecular flexibility index (Phi) is 35.3. The molecule has 0 heterocycles. The highest BCUT2D eigenvalue weighted by Gasteiger charge is 2.26. The van der Waals surface area contributed by atoms with Crippen molar-refractivity contribution in [3.8, 4) is 0 Å². The Morgan fingerprint density at radius 2 is 1.08 bits per heavy atom. The van der Waals surface area contributed by atoms with E-state index in [9.17, 15) is 14.3 Å². The Hall–Kier alpha value is -1.02. The summed E-state index contributed by atoms with van der Waals surface area (Å²) in [4.78, 5) is 22.8. The number of ether oxygens (including phenoxy) is 2. The molecule has 9 heteroatoms. The molecule has 0 aliphatic rings. The third kappa shape index (κ3) is 40.0. The highest BCUT2D eigenvalue weighted by Crippen LogP contribution is 2.43. The van der Waals surface area contributed by atoms with E-state index in [0.717, 1.165) is 38.5 Å². The molecule has 0 spiro atoms. The summed E-state index contributed by atoms with van der Waals surface area (Å²) in [7, 11) is 1.67. The van der Waals surface area contributed by atoms with Crippen LogP contribution in [0.3, 0.4) is 0 Å². The third-order valence-electron chi connectivity index (χ3n) is 9.02. The van der Waals surface area contributed by atoms with Crippen molar-refractivity contribution >= 4 is 13.8 Å². The first-order valence-electron chi connectivity index (χ1n) is 21.1. The van der Waals surface area contributed by atoms with Crippen molar-refractivity contribution in [1.82, 2.24) is 0 Å². The van der Waals surface area contributed by atoms with Crippen LogP contribution in [0.15, 0.2) is 24.3 Å². The highest BCUT2D eigenvalue weighted by molar-refractivity contribution is 7.47. The maximum absolute atomic E-state index is 12.6. The fourth-order valence-electron chi connectivity index (χ4n) is 5.70. The molecule has 0 radical (unpaired) electrons. The Balaban J connectivity index is 4.19. The third-order valence-corrected chi connectivity index (χ3v) is 10.00. The molecule has 0 saturated carbocycles. The van der Waals surface area contributed by atoms with Crippen LogP contribution in [0, 0.1) is 0 Å². The Morgan fingerprint density at radius 3 is 1.61 bits per heavy atom. The summed E-state index contributed by atoms with van der Waals surface area (Å²) in [6.07, 6.45) is 39.2. The summed E-state index contributed by atoms with van der Waals surface area (Å²) in [5.74, 6) is -0.317. The van der Waals surface area contributed by atoms with Crippen LogP contribution in [0.1, 0.15) is 181 Å². The van der Waals surface area contributed by atoms with Crippen LogP contribution < -0.4 is 0 Å². The Bertz CT molecular complexity index is 874. The van der Waals surface area contributed by atoms with Crippen molar-refractivity contribution in [2.75, 3.05) is 54.1 Å². The minimum absolute atomic E-state index is 0.0890. The smallest absolute Gasteiger partial charge is 0.457 e. The lowest BCUT2D eigenvalue weighted by molar-refractivity contribution is -0.870. The van der Waals surface area contributed by atoms with Crippen LogP contribution in [0.2, 0.25) is 0 Å². The predicted molar refractivity (Wildman–Crippen MR) is 215 cm³/mol. The molecule has 51 heavy (non-hydrogen) atoms. The first kappa shape index (κ1) is 50.0. The lowest BCUT2D eigenvalue weighted by atomic mass is 10.1. The van der Waals surface area contributed by atoms with E-state index in [1.54, 1.807) is 0 Å². The molecule has 8 nitrogen and oxygen atoms in total. The van der Waals surface area contributed by atoms with Gasteiger partial charge in [0.25, 0.3) is 0 Å². The topological polar surface area (TPSA) is 91.3 Å². The van der Waals surface area contributed by atoms with Gasteiger partial charge in [0, 0.05) is 13.0 Å². The summed E-state index contributed by atoms with van der Waals surface area (Å²) < 4.78 is 34.9. The number of phosphoric acid groups is 1. The lowest BCUT2D eigenvalue weighted by Crippen LogP contribution is -2.37. The molecule has 1 N–H and O–H groups in total. The van der Waals surface area contributed by atoms with E-state index in [-0.39, 0.29) is 25.8 Å². The summed E-state index contributed by atoms with van der Waals surface area (Å²) in [6, 6.07) is 0. The molecule has 0 aromatic heterocycles. The molecule has 0 aliphatic carbocycles. The number of esters is 1. The van der Waals surface area contributed by atoms with Crippen molar-refractivity contribution in [2.45, 2.75) is 187 Å². The summed E-state index contributed by atoms with van der Waals surface area (Å²) in [5.41, 5.74) is 0. The normalized spacial score (nSPS) is 14.1. The van der Waals surface area contributed by atoms with E-state index in [1.807, 2.05) is 21.1 Å². The number of nitrogens with zero attached hydrogens (tertiary/aromatic N) is 1. The second kappa shape index (κ2) is 36.0. The molecule has 0 amide bonds. The number of phosphoric ester groups is 1. The molecule has 0 aromatic carbocycles. The first-order valence-corrected chi connectivity index (χ1v) is 22.6. The number of carbonyl (C=O) groups excluding carboxylic acids is 1. The monoisotopic (exact) mass is 745 g/mol. The number of carbonyl (C=O) groups is 1. The second-order valence-electron chi connectivity index (χ2n) is 15.4. The number of hydrogen-bond acceptors (Lipinski definition) is 6. The number of quaternary nitrogens is 1. The zero-order chi connectivity index (χ0) is 37.7. The minimum Gasteiger partial charge on any atom is -0.457 e. The summed E-state index contributed by atoms with van der Waals surface area (Å²) in [5, 5.41) is 0. The van der Waals surface area contributed by atoms with Gasteiger partial charge in [0.1, 0.15) is 19.3 Å². The summed E-state index contributed by atoms with van der Waals surface area (Å²) >= 11 is 0. The van der Waals surface area contributed by atoms with Gasteiger partial charge >= 0.3 is 13.8 Å². The molecule has 0 aromatic rings. The van der Waals surface area contributed by atoms with Gasteiger partial charge in [-0.15, -0.1) is 0 Å². The molecule has 2 atom stereocenters. The van der Waals surface area contributed by atoms with Crippen LogP contribution >= 0.6 is 7.82 Å². The number of unbranched alkanes of at least 4 members (excludes halogenated alkanes) is 21. The van der Waals surface area contributed by atoms with Gasteiger partial charge in [-0.05, 0) is 44.9 Å². The minimum atomic E-state index is -4.27. The SMILES string of the molecule is CCCCCC/C=C\C/C=C\CCCCCCCCCCOCC(COP(=O)(O)OCC[N+](C)(C)C)OC(=O)CCCCCCCCCCCC. The molecule has 0 aliphatic heterocycles. The van der Waals surface area contributed by atoms with E-state index in [1.165, 1.54) is 122 Å². The summed E-state index contributed by atoms with van der Waals surface area (Å²) in [6.45, 7) is 5.59. The van der Waals surface area contributed by atoms with Crippen LogP contribution in [0.5, 0.6) is 0 Å². The molecular formula is C42H83NO7P+. The molecule has 0 fully saturated rings. The predicted octanol–water partition coefficient (Wildman–Crippen LogP) is 12.0. The van der Waals surface area contributed by atoms with Crippen LogP contribution in [0.4, 0.5) is 0 Å². The van der Waals surface area contributed by atoms with Gasteiger partial charge in [-0.2, -0.15) is 0 Å². The van der Waals surface area contributed by atoms with Crippen LogP contribution in [-0.4, -0.2) is 75.6 Å². The first-order chi connectivity index (χ1) is 24.6. The number of hydrogen-bond donors (Lipinski definition) is 1. The lowest BCUT2D eigenvalue weighted by Gasteiger charge is -2.24. The maximum atomic E-state index is 12.6. The fourth-order valence-corrected chi connectivity index (χ4v) is 6.44. The van der Waals surface area contributed by atoms with E-state index < -0.39 is 13.9 Å². The molecule has 0 bridgehead atoms. The number of likely N-dealkylation sites (N-methyl/N-ethyl adjacent to an activating group) is 1. The van der Waals surface area contributed by atoms with E-state index in [0.29, 0.717) is 24.1 Å². The van der Waals surface area contributed by atoms with Crippen molar-refractivity contribution in [3.63, 3.8) is 0 Å².